The molecule has 5 nitrogen and oxygen atoms in total. The summed E-state index contributed by atoms with van der Waals surface area (Å²) in [5.74, 6) is -5.92. The van der Waals surface area contributed by atoms with Crippen molar-refractivity contribution in [2.75, 3.05) is 13.1 Å². The molecule has 3 aromatic carbocycles. The van der Waals surface area contributed by atoms with Crippen LogP contribution in [0.1, 0.15) is 40.2 Å². The lowest BCUT2D eigenvalue weighted by molar-refractivity contribution is 0.100. The average Bonchev–Trinajstić information content (AvgIpc) is 2.97. The summed E-state index contributed by atoms with van der Waals surface area (Å²) in [5.41, 5.74) is 3.00. The summed E-state index contributed by atoms with van der Waals surface area (Å²) < 4.78 is 56.9. The van der Waals surface area contributed by atoms with Crippen LogP contribution in [-0.2, 0) is 6.54 Å². The first-order chi connectivity index (χ1) is 18.8. The van der Waals surface area contributed by atoms with Crippen LogP contribution in [0.2, 0.25) is 0 Å². The molecule has 0 spiro atoms. The van der Waals surface area contributed by atoms with Gasteiger partial charge in [0.15, 0.2) is 17.5 Å². The van der Waals surface area contributed by atoms with Crippen LogP contribution in [0.3, 0.4) is 0 Å². The molecular formula is C30H23F4N3O2. The number of hydrogen-bond acceptors (Lipinski definition) is 4. The van der Waals surface area contributed by atoms with Crippen molar-refractivity contribution in [1.29, 1.82) is 0 Å². The molecule has 0 radical (unpaired) electrons. The number of hydrogen-bond donors (Lipinski definition) is 0. The fourth-order valence-corrected chi connectivity index (χ4v) is 5.07. The van der Waals surface area contributed by atoms with Crippen LogP contribution < -0.4 is 0 Å². The van der Waals surface area contributed by atoms with Crippen LogP contribution >= 0.6 is 0 Å². The maximum atomic E-state index is 15.1. The Morgan fingerprint density at radius 1 is 0.872 bits per heavy atom. The molecule has 1 amide bonds. The number of piperidine rings is 1. The fraction of sp³-hybridized carbons (Fsp3) is 0.200. The van der Waals surface area contributed by atoms with Crippen molar-refractivity contribution in [2.45, 2.75) is 25.3 Å². The number of carbonyl (C=O) groups is 1. The lowest BCUT2D eigenvalue weighted by atomic mass is 9.84. The first kappa shape index (κ1) is 26.4. The van der Waals surface area contributed by atoms with Crippen molar-refractivity contribution in [3.05, 3.63) is 118 Å². The van der Waals surface area contributed by atoms with Gasteiger partial charge in [0.05, 0.1) is 5.69 Å². The number of amides is 1. The number of nitrogens with zero attached hydrogens (tertiary/aromatic N) is 3. The van der Waals surface area contributed by atoms with Crippen molar-refractivity contribution in [3.8, 4) is 22.4 Å². The second-order valence-electron chi connectivity index (χ2n) is 9.53. The highest BCUT2D eigenvalue weighted by Crippen LogP contribution is 2.39. The molecule has 0 atom stereocenters. The van der Waals surface area contributed by atoms with E-state index in [9.17, 15) is 22.9 Å². The molecule has 0 bridgehead atoms. The van der Waals surface area contributed by atoms with Crippen LogP contribution in [-0.4, -0.2) is 28.9 Å². The lowest BCUT2D eigenvalue weighted by Gasteiger charge is -2.33. The number of nitroso groups, excluding NO2 is 1. The number of carbonyl (C=O) groups excluding carboxylic acids is 1. The van der Waals surface area contributed by atoms with Crippen LogP contribution in [0.4, 0.5) is 17.6 Å². The third kappa shape index (κ3) is 5.63. The van der Waals surface area contributed by atoms with Crippen molar-refractivity contribution >= 4 is 5.91 Å². The van der Waals surface area contributed by atoms with Crippen LogP contribution in [0.5, 0.6) is 0 Å². The smallest absolute Gasteiger partial charge is 0.299 e. The Hall–Kier alpha value is -4.24. The van der Waals surface area contributed by atoms with Gasteiger partial charge in [-0.1, -0.05) is 36.4 Å². The van der Waals surface area contributed by atoms with Crippen LogP contribution in [0, 0.1) is 28.2 Å². The molecule has 0 N–H and O–H groups in total. The molecule has 0 aliphatic carbocycles. The number of aromatic nitrogens is 1. The molecule has 1 saturated heterocycles. The largest absolute Gasteiger partial charge is 0.316 e. The SMILES string of the molecule is O=NC(=O)c1ccnc(-c2cc(F)c(F)c(F)c2C2CCN(Cc3ccc(-c4ccc(F)cc4)cc3)CC2)c1. The highest BCUT2D eigenvalue weighted by molar-refractivity contribution is 5.95. The Morgan fingerprint density at radius 2 is 1.51 bits per heavy atom. The normalized spacial score (nSPS) is 14.4. The number of rotatable bonds is 6. The number of benzene rings is 3. The van der Waals surface area contributed by atoms with Gasteiger partial charge in [-0.05, 0) is 78.9 Å². The Balaban J connectivity index is 1.32. The lowest BCUT2D eigenvalue weighted by Crippen LogP contribution is -2.33. The summed E-state index contributed by atoms with van der Waals surface area (Å²) in [7, 11) is 0. The zero-order valence-electron chi connectivity index (χ0n) is 20.7. The molecule has 0 unspecified atom stereocenters. The molecule has 2 heterocycles. The van der Waals surface area contributed by atoms with Gasteiger partial charge in [0.2, 0.25) is 0 Å². The first-order valence-electron chi connectivity index (χ1n) is 12.4. The van der Waals surface area contributed by atoms with E-state index in [2.05, 4.69) is 15.1 Å². The molecule has 1 aromatic heterocycles. The third-order valence-electron chi connectivity index (χ3n) is 7.10. The topological polar surface area (TPSA) is 62.6 Å². The molecule has 9 heteroatoms. The van der Waals surface area contributed by atoms with Crippen molar-refractivity contribution in [1.82, 2.24) is 9.88 Å². The minimum absolute atomic E-state index is 0.00774. The van der Waals surface area contributed by atoms with E-state index in [1.165, 1.54) is 30.5 Å². The van der Waals surface area contributed by atoms with Crippen LogP contribution in [0.15, 0.2) is 78.1 Å². The Bertz CT molecular complexity index is 1520. The Morgan fingerprint density at radius 3 is 2.15 bits per heavy atom. The van der Waals surface area contributed by atoms with Gasteiger partial charge in [-0.2, -0.15) is 0 Å². The predicted molar refractivity (Wildman–Crippen MR) is 139 cm³/mol. The quantitative estimate of drug-likeness (QED) is 0.149. The zero-order chi connectivity index (χ0) is 27.5. The van der Waals surface area contributed by atoms with Crippen molar-refractivity contribution in [2.24, 2.45) is 5.18 Å². The molecule has 0 saturated carbocycles. The fourth-order valence-electron chi connectivity index (χ4n) is 5.07. The van der Waals surface area contributed by atoms with E-state index < -0.39 is 29.3 Å². The van der Waals surface area contributed by atoms with E-state index in [1.807, 2.05) is 24.3 Å². The predicted octanol–water partition coefficient (Wildman–Crippen LogP) is 7.26. The first-order valence-corrected chi connectivity index (χ1v) is 12.4. The minimum Gasteiger partial charge on any atom is -0.299 e. The van der Waals surface area contributed by atoms with E-state index in [1.54, 1.807) is 12.1 Å². The number of likely N-dealkylation sites (tertiary alicyclic amines) is 1. The van der Waals surface area contributed by atoms with Gasteiger partial charge < -0.3 is 0 Å². The van der Waals surface area contributed by atoms with E-state index >= 15 is 4.39 Å². The number of halogens is 4. The summed E-state index contributed by atoms with van der Waals surface area (Å²) in [4.78, 5) is 28.7. The second-order valence-corrected chi connectivity index (χ2v) is 9.53. The summed E-state index contributed by atoms with van der Waals surface area (Å²) in [6, 6.07) is 17.6. The molecule has 1 aliphatic rings. The van der Waals surface area contributed by atoms with E-state index in [4.69, 9.17) is 0 Å². The van der Waals surface area contributed by atoms with E-state index in [0.717, 1.165) is 22.8 Å². The second kappa shape index (κ2) is 11.2. The van der Waals surface area contributed by atoms with Gasteiger partial charge in [-0.3, -0.25) is 14.7 Å². The third-order valence-corrected chi connectivity index (χ3v) is 7.10. The van der Waals surface area contributed by atoms with Gasteiger partial charge in [0.1, 0.15) is 5.82 Å². The minimum atomic E-state index is -1.56. The molecule has 4 aromatic rings. The summed E-state index contributed by atoms with van der Waals surface area (Å²) in [6.45, 7) is 1.86. The molecular weight excluding hydrogens is 510 g/mol. The zero-order valence-corrected chi connectivity index (χ0v) is 20.7. The van der Waals surface area contributed by atoms with E-state index in [0.29, 0.717) is 32.5 Å². The van der Waals surface area contributed by atoms with Gasteiger partial charge in [0, 0.05) is 34.6 Å². The number of pyridine rings is 1. The standard InChI is InChI=1S/C30H23F4N3O2/c31-23-7-5-20(6-8-23)19-3-1-18(2-4-19)17-37-13-10-21(11-14-37)27-24(16-25(32)28(33)29(27)34)26-15-22(9-12-35-26)30(38)36-39/h1-9,12,15-16,21H,10-11,13-14,17H2. The Kier molecular flexibility index (Phi) is 7.60. The van der Waals surface area contributed by atoms with Gasteiger partial charge in [-0.15, -0.1) is 4.91 Å². The van der Waals surface area contributed by atoms with Crippen molar-refractivity contribution < 1.29 is 22.4 Å². The van der Waals surface area contributed by atoms with Crippen molar-refractivity contribution in [3.63, 3.8) is 0 Å². The Labute approximate surface area is 222 Å². The summed E-state index contributed by atoms with van der Waals surface area (Å²) in [6.07, 6.45) is 2.23. The average molecular weight is 534 g/mol. The molecule has 5 rings (SSSR count). The summed E-state index contributed by atoms with van der Waals surface area (Å²) in [5, 5.41) is 2.38. The van der Waals surface area contributed by atoms with Crippen LogP contribution in [0.25, 0.3) is 22.4 Å². The van der Waals surface area contributed by atoms with Gasteiger partial charge in [-0.25, -0.2) is 17.6 Å². The van der Waals surface area contributed by atoms with Gasteiger partial charge in [0.25, 0.3) is 0 Å². The maximum Gasteiger partial charge on any atom is 0.316 e. The molecule has 39 heavy (non-hydrogen) atoms. The highest BCUT2D eigenvalue weighted by atomic mass is 19.2. The van der Waals surface area contributed by atoms with E-state index in [-0.39, 0.29) is 28.2 Å². The molecule has 1 aliphatic heterocycles. The monoisotopic (exact) mass is 533 g/mol. The summed E-state index contributed by atoms with van der Waals surface area (Å²) >= 11 is 0. The molecule has 198 valence electrons. The molecule has 1 fully saturated rings. The van der Waals surface area contributed by atoms with Gasteiger partial charge >= 0.3 is 5.91 Å². The maximum absolute atomic E-state index is 15.1. The highest BCUT2D eigenvalue weighted by Gasteiger charge is 2.29.